The summed E-state index contributed by atoms with van der Waals surface area (Å²) in [6.07, 6.45) is 0.601. The second-order valence-electron chi connectivity index (χ2n) is 6.12. The van der Waals surface area contributed by atoms with Crippen molar-refractivity contribution in [3.05, 3.63) is 35.4 Å². The van der Waals surface area contributed by atoms with Crippen LogP contribution in [0.3, 0.4) is 0 Å². The third-order valence-corrected chi connectivity index (χ3v) is 4.35. The van der Waals surface area contributed by atoms with Gasteiger partial charge in [0, 0.05) is 33.7 Å². The van der Waals surface area contributed by atoms with Gasteiger partial charge in [0.1, 0.15) is 0 Å². The van der Waals surface area contributed by atoms with Gasteiger partial charge in [0.15, 0.2) is 6.29 Å². The summed E-state index contributed by atoms with van der Waals surface area (Å²) in [5.41, 5.74) is 2.42. The number of likely N-dealkylation sites (tertiary alicyclic amines) is 1. The van der Waals surface area contributed by atoms with Gasteiger partial charge in [-0.05, 0) is 18.9 Å². The van der Waals surface area contributed by atoms with Gasteiger partial charge in [0.05, 0.1) is 12.5 Å². The van der Waals surface area contributed by atoms with Crippen molar-refractivity contribution >= 4 is 11.8 Å². The normalized spacial score (nSPS) is 17.6. The first-order valence-electron chi connectivity index (χ1n) is 8.20. The van der Waals surface area contributed by atoms with E-state index in [0.717, 1.165) is 6.42 Å². The Morgan fingerprint density at radius 3 is 2.58 bits per heavy atom. The summed E-state index contributed by atoms with van der Waals surface area (Å²) in [5.74, 6) is -0.387. The zero-order valence-electron chi connectivity index (χ0n) is 14.6. The summed E-state index contributed by atoms with van der Waals surface area (Å²) < 4.78 is 10.1. The van der Waals surface area contributed by atoms with Gasteiger partial charge in [0.25, 0.3) is 0 Å². The summed E-state index contributed by atoms with van der Waals surface area (Å²) in [6, 6.07) is 8.30. The van der Waals surface area contributed by atoms with Crippen molar-refractivity contribution in [3.8, 4) is 0 Å². The van der Waals surface area contributed by atoms with Crippen molar-refractivity contribution in [1.82, 2.24) is 10.2 Å². The van der Waals surface area contributed by atoms with Crippen molar-refractivity contribution in [2.24, 2.45) is 5.92 Å². The van der Waals surface area contributed by atoms with E-state index in [1.807, 2.05) is 0 Å². The van der Waals surface area contributed by atoms with Crippen LogP contribution in [-0.2, 0) is 25.5 Å². The number of aryl methyl sites for hydroxylation is 1. The van der Waals surface area contributed by atoms with Crippen LogP contribution >= 0.6 is 0 Å². The van der Waals surface area contributed by atoms with Gasteiger partial charge in [-0.15, -0.1) is 0 Å². The number of hydrogen-bond donors (Lipinski definition) is 1. The highest BCUT2D eigenvalue weighted by atomic mass is 16.7. The lowest BCUT2D eigenvalue weighted by Gasteiger charge is -2.18. The van der Waals surface area contributed by atoms with Gasteiger partial charge in [-0.3, -0.25) is 9.59 Å². The van der Waals surface area contributed by atoms with Crippen LogP contribution < -0.4 is 5.32 Å². The van der Waals surface area contributed by atoms with Crippen LogP contribution in [-0.4, -0.2) is 56.9 Å². The Bertz CT molecular complexity index is 555. The summed E-state index contributed by atoms with van der Waals surface area (Å²) in [6.45, 7) is 3.44. The van der Waals surface area contributed by atoms with E-state index in [0.29, 0.717) is 13.1 Å². The molecule has 0 unspecified atom stereocenters. The second kappa shape index (κ2) is 8.80. The highest BCUT2D eigenvalue weighted by Crippen LogP contribution is 2.18. The molecule has 1 aliphatic rings. The lowest BCUT2D eigenvalue weighted by atomic mass is 10.1. The highest BCUT2D eigenvalue weighted by molar-refractivity contribution is 5.89. The number of rotatable bonds is 8. The second-order valence-corrected chi connectivity index (χ2v) is 6.12. The first kappa shape index (κ1) is 18.4. The molecule has 1 fully saturated rings. The number of hydrogen-bond acceptors (Lipinski definition) is 4. The minimum Gasteiger partial charge on any atom is -0.354 e. The first-order valence-corrected chi connectivity index (χ1v) is 8.20. The fourth-order valence-corrected chi connectivity index (χ4v) is 2.77. The van der Waals surface area contributed by atoms with Gasteiger partial charge in [-0.1, -0.05) is 29.8 Å². The van der Waals surface area contributed by atoms with E-state index >= 15 is 0 Å². The summed E-state index contributed by atoms with van der Waals surface area (Å²) in [4.78, 5) is 26.1. The van der Waals surface area contributed by atoms with E-state index < -0.39 is 6.29 Å². The smallest absolute Gasteiger partial charge is 0.225 e. The molecular formula is C18H26N2O4. The molecule has 2 amide bonds. The average molecular weight is 334 g/mol. The summed E-state index contributed by atoms with van der Waals surface area (Å²) >= 11 is 0. The number of nitrogens with zero attached hydrogens (tertiary/aromatic N) is 1. The number of nitrogens with one attached hydrogen (secondary N) is 1. The van der Waals surface area contributed by atoms with E-state index in [-0.39, 0.29) is 30.7 Å². The molecule has 6 heteroatoms. The molecule has 6 nitrogen and oxygen atoms in total. The lowest BCUT2D eigenvalue weighted by Crippen LogP contribution is -2.38. The van der Waals surface area contributed by atoms with Crippen molar-refractivity contribution in [1.29, 1.82) is 0 Å². The molecule has 0 aromatic heterocycles. The molecule has 0 saturated carbocycles. The van der Waals surface area contributed by atoms with Crippen LogP contribution in [0, 0.1) is 12.8 Å². The molecule has 1 saturated heterocycles. The van der Waals surface area contributed by atoms with Crippen molar-refractivity contribution < 1.29 is 19.1 Å². The van der Waals surface area contributed by atoms with Crippen LogP contribution in [0.1, 0.15) is 17.5 Å². The van der Waals surface area contributed by atoms with Crippen LogP contribution in [0.25, 0.3) is 0 Å². The number of amides is 2. The predicted molar refractivity (Wildman–Crippen MR) is 90.4 cm³/mol. The maximum absolute atomic E-state index is 12.2. The molecule has 0 radical (unpaired) electrons. The Labute approximate surface area is 143 Å². The fraction of sp³-hybridized carbons (Fsp3) is 0.556. The van der Waals surface area contributed by atoms with Crippen molar-refractivity contribution in [2.45, 2.75) is 26.1 Å². The third kappa shape index (κ3) is 5.04. The molecule has 0 bridgehead atoms. The van der Waals surface area contributed by atoms with E-state index in [2.05, 4.69) is 36.5 Å². The Hall–Kier alpha value is -1.92. The summed E-state index contributed by atoms with van der Waals surface area (Å²) in [7, 11) is 3.04. The molecule has 1 N–H and O–H groups in total. The number of benzene rings is 1. The van der Waals surface area contributed by atoms with E-state index in [9.17, 15) is 9.59 Å². The zero-order valence-corrected chi connectivity index (χ0v) is 14.6. The van der Waals surface area contributed by atoms with E-state index in [1.165, 1.54) is 25.3 Å². The zero-order chi connectivity index (χ0) is 17.5. The van der Waals surface area contributed by atoms with E-state index in [1.54, 1.807) is 4.90 Å². The summed E-state index contributed by atoms with van der Waals surface area (Å²) in [5, 5.41) is 2.78. The fourth-order valence-electron chi connectivity index (χ4n) is 2.77. The van der Waals surface area contributed by atoms with Gasteiger partial charge in [-0.25, -0.2) is 0 Å². The maximum atomic E-state index is 12.2. The molecule has 1 aromatic rings. The molecule has 132 valence electrons. The Balaban J connectivity index is 1.79. The quantitative estimate of drug-likeness (QED) is 0.724. The highest BCUT2D eigenvalue weighted by Gasteiger charge is 2.34. The topological polar surface area (TPSA) is 67.9 Å². The minimum atomic E-state index is -0.469. The molecule has 1 aliphatic heterocycles. The molecular weight excluding hydrogens is 308 g/mol. The maximum Gasteiger partial charge on any atom is 0.225 e. The first-order chi connectivity index (χ1) is 11.5. The molecule has 24 heavy (non-hydrogen) atoms. The van der Waals surface area contributed by atoms with Gasteiger partial charge < -0.3 is 19.7 Å². The van der Waals surface area contributed by atoms with Gasteiger partial charge in [-0.2, -0.15) is 0 Å². The average Bonchev–Trinajstić information content (AvgIpc) is 2.96. The number of methoxy groups -OCH3 is 2. The van der Waals surface area contributed by atoms with Gasteiger partial charge in [0.2, 0.25) is 11.8 Å². The molecule has 2 rings (SSSR count). The van der Waals surface area contributed by atoms with Crippen molar-refractivity contribution in [2.75, 3.05) is 33.9 Å². The number of carbonyl (C=O) groups is 2. The van der Waals surface area contributed by atoms with E-state index in [4.69, 9.17) is 9.47 Å². The Morgan fingerprint density at radius 1 is 1.29 bits per heavy atom. The van der Waals surface area contributed by atoms with Crippen LogP contribution in [0.2, 0.25) is 0 Å². The molecule has 0 spiro atoms. The minimum absolute atomic E-state index is 0.0392. The molecule has 1 aromatic carbocycles. The third-order valence-electron chi connectivity index (χ3n) is 4.35. The van der Waals surface area contributed by atoms with Crippen LogP contribution in [0.15, 0.2) is 24.3 Å². The number of carbonyl (C=O) groups excluding carboxylic acids is 2. The standard InChI is InChI=1S/C18H26N2O4/c1-13-4-6-14(7-5-13)8-9-20-12-15(10-16(20)21)18(22)19-11-17(23-2)24-3/h4-7,15,17H,8-12H2,1-3H3,(H,19,22)/t15-/m0/s1. The van der Waals surface area contributed by atoms with Crippen molar-refractivity contribution in [3.63, 3.8) is 0 Å². The molecule has 1 atom stereocenters. The lowest BCUT2D eigenvalue weighted by molar-refractivity contribution is -0.131. The van der Waals surface area contributed by atoms with Gasteiger partial charge >= 0.3 is 0 Å². The van der Waals surface area contributed by atoms with Crippen LogP contribution in [0.5, 0.6) is 0 Å². The molecule has 1 heterocycles. The largest absolute Gasteiger partial charge is 0.354 e. The van der Waals surface area contributed by atoms with Crippen LogP contribution in [0.4, 0.5) is 0 Å². The number of ether oxygens (including phenoxy) is 2. The monoisotopic (exact) mass is 334 g/mol. The molecule has 0 aliphatic carbocycles. The Kier molecular flexibility index (Phi) is 6.75. The SMILES string of the molecule is COC(CNC(=O)[C@H]1CC(=O)N(CCc2ccc(C)cc2)C1)OC. The predicted octanol–water partition coefficient (Wildman–Crippen LogP) is 1.12. The Morgan fingerprint density at radius 2 is 1.96 bits per heavy atom.